The number of ether oxygens (including phenoxy) is 2. The highest BCUT2D eigenvalue weighted by atomic mass is 16.6. The van der Waals surface area contributed by atoms with Gasteiger partial charge in [0.1, 0.15) is 6.10 Å². The van der Waals surface area contributed by atoms with Crippen LogP contribution in [0.2, 0.25) is 0 Å². The summed E-state index contributed by atoms with van der Waals surface area (Å²) < 4.78 is 9.88. The fourth-order valence-electron chi connectivity index (χ4n) is 0.816. The number of rotatable bonds is 1. The summed E-state index contributed by atoms with van der Waals surface area (Å²) in [4.78, 5) is 10.6. The van der Waals surface area contributed by atoms with E-state index in [2.05, 4.69) is 5.32 Å². The van der Waals surface area contributed by atoms with Crippen molar-refractivity contribution in [3.63, 3.8) is 0 Å². The van der Waals surface area contributed by atoms with Gasteiger partial charge in [-0.15, -0.1) is 0 Å². The largest absolute Gasteiger partial charge is 0.444 e. The van der Waals surface area contributed by atoms with Crippen LogP contribution in [0, 0.1) is 0 Å². The highest BCUT2D eigenvalue weighted by Gasteiger charge is 2.18. The van der Waals surface area contributed by atoms with E-state index in [-0.39, 0.29) is 12.2 Å². The van der Waals surface area contributed by atoms with Gasteiger partial charge in [-0.1, -0.05) is 0 Å². The van der Waals surface area contributed by atoms with Crippen molar-refractivity contribution in [3.8, 4) is 0 Å². The monoisotopic (exact) mass is 145 g/mol. The predicted molar refractivity (Wildman–Crippen MR) is 34.8 cm³/mol. The Morgan fingerprint density at radius 3 is 3.10 bits per heavy atom. The van der Waals surface area contributed by atoms with Gasteiger partial charge in [-0.25, -0.2) is 4.79 Å². The molecule has 0 unspecified atom stereocenters. The minimum atomic E-state index is -0.379. The van der Waals surface area contributed by atoms with Crippen molar-refractivity contribution in [1.29, 1.82) is 0 Å². The van der Waals surface area contributed by atoms with Crippen LogP contribution < -0.4 is 5.32 Å². The van der Waals surface area contributed by atoms with Gasteiger partial charge < -0.3 is 14.8 Å². The van der Waals surface area contributed by atoms with Gasteiger partial charge in [0, 0.05) is 13.5 Å². The Labute approximate surface area is 59.5 Å². The summed E-state index contributed by atoms with van der Waals surface area (Å²) in [6.07, 6.45) is 0.392. The lowest BCUT2D eigenvalue weighted by Gasteiger charge is -2.07. The van der Waals surface area contributed by atoms with Gasteiger partial charge in [0.25, 0.3) is 0 Å². The van der Waals surface area contributed by atoms with E-state index in [1.807, 2.05) is 0 Å². The summed E-state index contributed by atoms with van der Waals surface area (Å²) in [6.45, 7) is 1.23. The third kappa shape index (κ3) is 1.88. The standard InChI is InChI=1S/C6H11NO3/c1-7-6(8)10-5-2-3-9-4-5/h5H,2-4H2,1H3,(H,7,8)/t5-/m0/s1. The average molecular weight is 145 g/mol. The lowest BCUT2D eigenvalue weighted by Crippen LogP contribution is -2.25. The Kier molecular flexibility index (Phi) is 2.50. The molecule has 0 radical (unpaired) electrons. The van der Waals surface area contributed by atoms with Crippen LogP contribution in [-0.4, -0.2) is 32.5 Å². The molecule has 1 atom stereocenters. The minimum Gasteiger partial charge on any atom is -0.444 e. The molecule has 58 valence electrons. The molecule has 0 aromatic carbocycles. The van der Waals surface area contributed by atoms with Crippen LogP contribution in [0.25, 0.3) is 0 Å². The van der Waals surface area contributed by atoms with Crippen molar-refractivity contribution in [2.24, 2.45) is 0 Å². The lowest BCUT2D eigenvalue weighted by molar-refractivity contribution is 0.0846. The summed E-state index contributed by atoms with van der Waals surface area (Å²) in [5.74, 6) is 0. The third-order valence-electron chi connectivity index (χ3n) is 1.37. The van der Waals surface area contributed by atoms with Gasteiger partial charge in [0.2, 0.25) is 0 Å². The quantitative estimate of drug-likeness (QED) is 0.570. The first-order valence-corrected chi connectivity index (χ1v) is 3.29. The molecule has 0 saturated carbocycles. The van der Waals surface area contributed by atoms with Crippen molar-refractivity contribution in [2.45, 2.75) is 12.5 Å². The first-order chi connectivity index (χ1) is 4.83. The van der Waals surface area contributed by atoms with Crippen LogP contribution in [0.5, 0.6) is 0 Å². The molecule has 0 spiro atoms. The Balaban J connectivity index is 2.17. The summed E-state index contributed by atoms with van der Waals surface area (Å²) in [6, 6.07) is 0. The minimum absolute atomic E-state index is 0.0417. The molecule has 0 bridgehead atoms. The predicted octanol–water partition coefficient (Wildman–Crippen LogP) is 0.131. The van der Waals surface area contributed by atoms with E-state index in [4.69, 9.17) is 9.47 Å². The molecule has 1 fully saturated rings. The number of hydrogen-bond donors (Lipinski definition) is 1. The number of nitrogens with one attached hydrogen (secondary N) is 1. The van der Waals surface area contributed by atoms with Crippen molar-refractivity contribution in [1.82, 2.24) is 5.32 Å². The molecule has 1 rings (SSSR count). The molecule has 0 aromatic heterocycles. The summed E-state index contributed by atoms with van der Waals surface area (Å²) in [5, 5.41) is 2.38. The second kappa shape index (κ2) is 3.41. The second-order valence-corrected chi connectivity index (χ2v) is 2.14. The van der Waals surface area contributed by atoms with Gasteiger partial charge in [0.15, 0.2) is 0 Å². The highest BCUT2D eigenvalue weighted by molar-refractivity contribution is 5.66. The van der Waals surface area contributed by atoms with Crippen LogP contribution in [0.1, 0.15) is 6.42 Å². The van der Waals surface area contributed by atoms with E-state index < -0.39 is 0 Å². The number of amides is 1. The molecule has 1 heterocycles. The maximum atomic E-state index is 10.6. The van der Waals surface area contributed by atoms with Gasteiger partial charge >= 0.3 is 6.09 Å². The fraction of sp³-hybridized carbons (Fsp3) is 0.833. The number of carbonyl (C=O) groups is 1. The highest BCUT2D eigenvalue weighted by Crippen LogP contribution is 2.07. The van der Waals surface area contributed by atoms with Crippen molar-refractivity contribution >= 4 is 6.09 Å². The van der Waals surface area contributed by atoms with E-state index >= 15 is 0 Å². The second-order valence-electron chi connectivity index (χ2n) is 2.14. The van der Waals surface area contributed by atoms with E-state index in [1.165, 1.54) is 7.05 Å². The van der Waals surface area contributed by atoms with Gasteiger partial charge in [-0.05, 0) is 0 Å². The third-order valence-corrected chi connectivity index (χ3v) is 1.37. The summed E-state index contributed by atoms with van der Waals surface area (Å²) >= 11 is 0. The summed E-state index contributed by atoms with van der Waals surface area (Å²) in [5.41, 5.74) is 0. The molecule has 0 aliphatic carbocycles. The zero-order valence-electron chi connectivity index (χ0n) is 5.92. The van der Waals surface area contributed by atoms with Crippen molar-refractivity contribution < 1.29 is 14.3 Å². The normalized spacial score (nSPS) is 24.3. The van der Waals surface area contributed by atoms with Gasteiger partial charge in [-0.3, -0.25) is 0 Å². The Bertz CT molecular complexity index is 120. The van der Waals surface area contributed by atoms with Gasteiger partial charge in [-0.2, -0.15) is 0 Å². The maximum Gasteiger partial charge on any atom is 0.407 e. The number of carbonyl (C=O) groups excluding carboxylic acids is 1. The first kappa shape index (κ1) is 7.34. The van der Waals surface area contributed by atoms with E-state index in [0.717, 1.165) is 6.42 Å². The molecule has 1 saturated heterocycles. The smallest absolute Gasteiger partial charge is 0.407 e. The van der Waals surface area contributed by atoms with Gasteiger partial charge in [0.05, 0.1) is 13.2 Å². The molecule has 4 nitrogen and oxygen atoms in total. The molecule has 1 N–H and O–H groups in total. The van der Waals surface area contributed by atoms with Crippen LogP contribution in [0.15, 0.2) is 0 Å². The zero-order valence-corrected chi connectivity index (χ0v) is 5.92. The van der Waals surface area contributed by atoms with E-state index in [1.54, 1.807) is 0 Å². The van der Waals surface area contributed by atoms with Crippen LogP contribution >= 0.6 is 0 Å². The van der Waals surface area contributed by atoms with Crippen LogP contribution in [-0.2, 0) is 9.47 Å². The SMILES string of the molecule is CNC(=O)O[C@H]1CCOC1. The fourth-order valence-corrected chi connectivity index (χ4v) is 0.816. The molecule has 1 aliphatic heterocycles. The molecule has 0 aromatic rings. The molecule has 1 amide bonds. The van der Waals surface area contributed by atoms with Crippen LogP contribution in [0.4, 0.5) is 4.79 Å². The number of alkyl carbamates (subject to hydrolysis) is 1. The lowest BCUT2D eigenvalue weighted by atomic mass is 10.3. The van der Waals surface area contributed by atoms with E-state index in [0.29, 0.717) is 13.2 Å². The topological polar surface area (TPSA) is 47.6 Å². The van der Waals surface area contributed by atoms with Crippen molar-refractivity contribution in [2.75, 3.05) is 20.3 Å². The maximum absolute atomic E-state index is 10.6. The molecular weight excluding hydrogens is 134 g/mol. The Hall–Kier alpha value is -0.770. The van der Waals surface area contributed by atoms with Crippen molar-refractivity contribution in [3.05, 3.63) is 0 Å². The molecular formula is C6H11NO3. The Morgan fingerprint density at radius 2 is 2.60 bits per heavy atom. The first-order valence-electron chi connectivity index (χ1n) is 3.29. The molecule has 1 aliphatic rings. The average Bonchev–Trinajstić information content (AvgIpc) is 2.40. The summed E-state index contributed by atoms with van der Waals surface area (Å²) in [7, 11) is 1.54. The van der Waals surface area contributed by atoms with Crippen LogP contribution in [0.3, 0.4) is 0 Å². The Morgan fingerprint density at radius 1 is 1.80 bits per heavy atom. The molecule has 4 heteroatoms. The van der Waals surface area contributed by atoms with E-state index in [9.17, 15) is 4.79 Å². The molecule has 10 heavy (non-hydrogen) atoms. The zero-order chi connectivity index (χ0) is 7.40. The number of hydrogen-bond acceptors (Lipinski definition) is 3.